The van der Waals surface area contributed by atoms with Gasteiger partial charge in [0, 0.05) is 12.2 Å². The Morgan fingerprint density at radius 3 is 1.44 bits per heavy atom. The molecule has 0 amide bonds. The molecule has 4 N–H and O–H groups in total. The normalized spacial score (nSPS) is 13.2. The van der Waals surface area contributed by atoms with E-state index in [1.807, 2.05) is 0 Å². The van der Waals surface area contributed by atoms with E-state index < -0.39 is 36.5 Å². The van der Waals surface area contributed by atoms with Crippen molar-refractivity contribution in [2.75, 3.05) is 0 Å². The Labute approximate surface area is 98.7 Å². The highest BCUT2D eigenvalue weighted by atomic mass is 16.6. The SMILES string of the molecule is O=C(OC(=O)C(O)O)C(O)O.O=C1C=CC(=O)O1. The topological polar surface area (TPSA) is 168 Å². The molecule has 10 heteroatoms. The van der Waals surface area contributed by atoms with Crippen LogP contribution in [0.1, 0.15) is 0 Å². The van der Waals surface area contributed by atoms with Crippen LogP contribution >= 0.6 is 0 Å². The molecule has 18 heavy (non-hydrogen) atoms. The van der Waals surface area contributed by atoms with Gasteiger partial charge in [-0.2, -0.15) is 0 Å². The number of aliphatic hydroxyl groups is 4. The maximum atomic E-state index is 10.1. The Morgan fingerprint density at radius 2 is 1.28 bits per heavy atom. The van der Waals surface area contributed by atoms with Crippen molar-refractivity contribution in [1.82, 2.24) is 0 Å². The zero-order chi connectivity index (χ0) is 14.3. The third kappa shape index (κ3) is 6.44. The monoisotopic (exact) mass is 264 g/mol. The van der Waals surface area contributed by atoms with Crippen LogP contribution in [0.2, 0.25) is 0 Å². The number of hydrogen-bond acceptors (Lipinski definition) is 10. The lowest BCUT2D eigenvalue weighted by Gasteiger charge is -2.03. The number of hydrogen-bond donors (Lipinski definition) is 4. The predicted molar refractivity (Wildman–Crippen MR) is 47.8 cm³/mol. The number of esters is 4. The van der Waals surface area contributed by atoms with E-state index in [0.717, 1.165) is 12.2 Å². The van der Waals surface area contributed by atoms with Gasteiger partial charge >= 0.3 is 23.9 Å². The molecule has 1 aliphatic rings. The molecule has 0 atom stereocenters. The summed E-state index contributed by atoms with van der Waals surface area (Å²) in [6, 6.07) is 0. The molecular formula is C8H8O10. The van der Waals surface area contributed by atoms with E-state index in [0.29, 0.717) is 0 Å². The van der Waals surface area contributed by atoms with Crippen molar-refractivity contribution in [2.24, 2.45) is 0 Å². The van der Waals surface area contributed by atoms with E-state index in [4.69, 9.17) is 20.4 Å². The first-order valence-corrected chi connectivity index (χ1v) is 4.15. The largest absolute Gasteiger partial charge is 0.387 e. The second kappa shape index (κ2) is 7.24. The maximum Gasteiger partial charge on any atom is 0.370 e. The fourth-order valence-corrected chi connectivity index (χ4v) is 0.508. The highest BCUT2D eigenvalue weighted by Gasteiger charge is 2.21. The zero-order valence-corrected chi connectivity index (χ0v) is 8.55. The molecule has 0 fully saturated rings. The number of aliphatic hydroxyl groups excluding tert-OH is 2. The lowest BCUT2D eigenvalue weighted by molar-refractivity contribution is -0.193. The van der Waals surface area contributed by atoms with Crippen LogP contribution in [0.3, 0.4) is 0 Å². The number of carbonyl (C=O) groups is 4. The number of carbonyl (C=O) groups excluding carboxylic acids is 4. The van der Waals surface area contributed by atoms with E-state index >= 15 is 0 Å². The van der Waals surface area contributed by atoms with Crippen LogP contribution in [-0.4, -0.2) is 56.9 Å². The summed E-state index contributed by atoms with van der Waals surface area (Å²) in [6.45, 7) is 0. The summed E-state index contributed by atoms with van der Waals surface area (Å²) in [5.41, 5.74) is 0. The van der Waals surface area contributed by atoms with E-state index in [1.165, 1.54) is 0 Å². The van der Waals surface area contributed by atoms with Gasteiger partial charge in [-0.25, -0.2) is 19.2 Å². The van der Waals surface area contributed by atoms with Crippen LogP contribution < -0.4 is 0 Å². The van der Waals surface area contributed by atoms with Gasteiger partial charge < -0.3 is 29.9 Å². The van der Waals surface area contributed by atoms with Crippen LogP contribution in [0.15, 0.2) is 12.2 Å². The Balaban J connectivity index is 0.000000351. The summed E-state index contributed by atoms with van der Waals surface area (Å²) in [5.74, 6) is -4.48. The van der Waals surface area contributed by atoms with E-state index in [2.05, 4.69) is 9.47 Å². The van der Waals surface area contributed by atoms with Gasteiger partial charge in [-0.15, -0.1) is 0 Å². The van der Waals surface area contributed by atoms with Gasteiger partial charge in [-0.1, -0.05) is 0 Å². The minimum Gasteiger partial charge on any atom is -0.387 e. The zero-order valence-electron chi connectivity index (χ0n) is 8.55. The fourth-order valence-electron chi connectivity index (χ4n) is 0.508. The van der Waals surface area contributed by atoms with Crippen molar-refractivity contribution in [3.63, 3.8) is 0 Å². The Hall–Kier alpha value is -2.14. The molecule has 1 rings (SSSR count). The van der Waals surface area contributed by atoms with Gasteiger partial charge in [-0.3, -0.25) is 0 Å². The third-order valence-corrected chi connectivity index (χ3v) is 1.18. The Kier molecular flexibility index (Phi) is 6.38. The van der Waals surface area contributed by atoms with Gasteiger partial charge in [0.05, 0.1) is 0 Å². The first kappa shape index (κ1) is 15.9. The second-order valence-electron chi connectivity index (χ2n) is 2.56. The molecular weight excluding hydrogens is 256 g/mol. The van der Waals surface area contributed by atoms with Crippen LogP contribution in [0.25, 0.3) is 0 Å². The lowest BCUT2D eigenvalue weighted by atomic mass is 10.6. The molecule has 0 saturated carbocycles. The highest BCUT2D eigenvalue weighted by Crippen LogP contribution is 1.92. The van der Waals surface area contributed by atoms with Gasteiger partial charge in [0.25, 0.3) is 12.6 Å². The first-order valence-electron chi connectivity index (χ1n) is 4.15. The number of rotatable bonds is 2. The van der Waals surface area contributed by atoms with Gasteiger partial charge in [0.1, 0.15) is 0 Å². The lowest BCUT2D eigenvalue weighted by Crippen LogP contribution is -2.30. The van der Waals surface area contributed by atoms with E-state index in [1.54, 1.807) is 0 Å². The summed E-state index contributed by atoms with van der Waals surface area (Å²) in [7, 11) is 0. The fraction of sp³-hybridized carbons (Fsp3) is 0.250. The van der Waals surface area contributed by atoms with Gasteiger partial charge in [-0.05, 0) is 0 Å². The molecule has 10 nitrogen and oxygen atoms in total. The highest BCUT2D eigenvalue weighted by molar-refractivity contribution is 6.04. The molecule has 1 heterocycles. The molecule has 0 saturated heterocycles. The number of cyclic esters (lactones) is 2. The summed E-state index contributed by atoms with van der Waals surface area (Å²) in [6.07, 6.45) is -2.75. The Bertz CT molecular complexity index is 345. The summed E-state index contributed by atoms with van der Waals surface area (Å²) in [5, 5.41) is 32.1. The quantitative estimate of drug-likeness (QED) is 0.221. The summed E-state index contributed by atoms with van der Waals surface area (Å²) in [4.78, 5) is 40.0. The van der Waals surface area contributed by atoms with Crippen LogP contribution in [0, 0.1) is 0 Å². The molecule has 1 aliphatic heterocycles. The minimum atomic E-state index is -2.46. The molecule has 0 aromatic carbocycles. The first-order chi connectivity index (χ1) is 8.23. The van der Waals surface area contributed by atoms with Crippen LogP contribution in [-0.2, 0) is 28.7 Å². The van der Waals surface area contributed by atoms with Crippen LogP contribution in [0.5, 0.6) is 0 Å². The number of ether oxygens (including phenoxy) is 2. The summed E-state index contributed by atoms with van der Waals surface area (Å²) >= 11 is 0. The molecule has 0 aromatic rings. The van der Waals surface area contributed by atoms with Crippen molar-refractivity contribution in [3.05, 3.63) is 12.2 Å². The molecule has 0 aromatic heterocycles. The Morgan fingerprint density at radius 1 is 0.944 bits per heavy atom. The van der Waals surface area contributed by atoms with Crippen molar-refractivity contribution >= 4 is 23.9 Å². The van der Waals surface area contributed by atoms with Crippen molar-refractivity contribution < 1.29 is 49.1 Å². The van der Waals surface area contributed by atoms with Crippen LogP contribution in [0.4, 0.5) is 0 Å². The van der Waals surface area contributed by atoms with Crippen molar-refractivity contribution in [2.45, 2.75) is 12.6 Å². The van der Waals surface area contributed by atoms with E-state index in [-0.39, 0.29) is 0 Å². The average Bonchev–Trinajstić information content (AvgIpc) is 2.62. The predicted octanol–water partition coefficient (Wildman–Crippen LogP) is -3.70. The molecule has 0 aliphatic carbocycles. The van der Waals surface area contributed by atoms with Crippen molar-refractivity contribution in [1.29, 1.82) is 0 Å². The molecule has 0 unspecified atom stereocenters. The minimum absolute atomic E-state index is 0.579. The van der Waals surface area contributed by atoms with Crippen molar-refractivity contribution in [3.8, 4) is 0 Å². The molecule has 100 valence electrons. The maximum absolute atomic E-state index is 10.1. The van der Waals surface area contributed by atoms with Gasteiger partial charge in [0.15, 0.2) is 0 Å². The van der Waals surface area contributed by atoms with E-state index in [9.17, 15) is 19.2 Å². The summed E-state index contributed by atoms with van der Waals surface area (Å²) < 4.78 is 7.47. The molecule has 0 spiro atoms. The standard InChI is InChI=1S/C4H6O7.C4H2O3/c5-1(6)3(9)11-4(10)2(7)8;5-3-1-2-4(6)7-3/h1-2,5-8H;1-2H. The molecule has 0 bridgehead atoms. The van der Waals surface area contributed by atoms with Gasteiger partial charge in [0.2, 0.25) is 0 Å². The smallest absolute Gasteiger partial charge is 0.370 e. The second-order valence-corrected chi connectivity index (χ2v) is 2.56. The third-order valence-electron chi connectivity index (χ3n) is 1.18. The average molecular weight is 264 g/mol. The molecule has 0 radical (unpaired) electrons.